The molecule has 0 fully saturated rings. The number of carbonyl (C=O) groups is 1. The zero-order valence-electron chi connectivity index (χ0n) is 12.0. The maximum absolute atomic E-state index is 11.2. The van der Waals surface area contributed by atoms with Crippen molar-refractivity contribution in [3.63, 3.8) is 0 Å². The molecule has 2 N–H and O–H groups in total. The minimum absolute atomic E-state index is 0.0427. The smallest absolute Gasteiger partial charge is 0.337 e. The molecular weight excluding hydrogens is 361 g/mol. The van der Waals surface area contributed by atoms with Gasteiger partial charge < -0.3 is 15.2 Å². The third kappa shape index (κ3) is 5.20. The number of carboxylic acid groups (broad SMARTS) is 1. The Balaban J connectivity index is 1.87. The van der Waals surface area contributed by atoms with Crippen LogP contribution in [0, 0.1) is 0 Å². The number of nitrogens with one attached hydrogen (secondary N) is 1. The third-order valence-electron chi connectivity index (χ3n) is 2.99. The summed E-state index contributed by atoms with van der Waals surface area (Å²) in [5.41, 5.74) is 0.399. The SMILES string of the molecule is O=C(O)c1cc(Cl)cc(Cl)c1NCCCOc1ccc(Cl)cc1. The highest BCUT2D eigenvalue weighted by molar-refractivity contribution is 6.37. The van der Waals surface area contributed by atoms with Gasteiger partial charge in [0.25, 0.3) is 0 Å². The molecular formula is C16H14Cl3NO3. The summed E-state index contributed by atoms with van der Waals surface area (Å²) in [5.74, 6) is -0.362. The fraction of sp³-hybridized carbons (Fsp3) is 0.188. The predicted molar refractivity (Wildman–Crippen MR) is 93.5 cm³/mol. The van der Waals surface area contributed by atoms with E-state index in [9.17, 15) is 9.90 Å². The first-order valence-electron chi connectivity index (χ1n) is 6.82. The van der Waals surface area contributed by atoms with Crippen LogP contribution in [-0.4, -0.2) is 24.2 Å². The van der Waals surface area contributed by atoms with Gasteiger partial charge in [0, 0.05) is 16.6 Å². The van der Waals surface area contributed by atoms with Crippen LogP contribution in [0.1, 0.15) is 16.8 Å². The lowest BCUT2D eigenvalue weighted by Crippen LogP contribution is -2.11. The van der Waals surface area contributed by atoms with E-state index in [-0.39, 0.29) is 15.6 Å². The van der Waals surface area contributed by atoms with Gasteiger partial charge >= 0.3 is 5.97 Å². The Morgan fingerprint density at radius 1 is 1.09 bits per heavy atom. The summed E-state index contributed by atoms with van der Waals surface area (Å²) in [7, 11) is 0. The van der Waals surface area contributed by atoms with Gasteiger partial charge in [0.05, 0.1) is 22.9 Å². The molecule has 0 amide bonds. The van der Waals surface area contributed by atoms with E-state index < -0.39 is 5.97 Å². The van der Waals surface area contributed by atoms with Crippen molar-refractivity contribution in [1.29, 1.82) is 0 Å². The third-order valence-corrected chi connectivity index (χ3v) is 3.76. The normalized spacial score (nSPS) is 10.4. The quantitative estimate of drug-likeness (QED) is 0.652. The highest BCUT2D eigenvalue weighted by Gasteiger charge is 2.14. The Morgan fingerprint density at radius 2 is 1.78 bits per heavy atom. The summed E-state index contributed by atoms with van der Waals surface area (Å²) in [4.78, 5) is 11.2. The first-order valence-corrected chi connectivity index (χ1v) is 7.95. The van der Waals surface area contributed by atoms with Crippen molar-refractivity contribution in [3.05, 3.63) is 57.0 Å². The van der Waals surface area contributed by atoms with Gasteiger partial charge in [-0.1, -0.05) is 34.8 Å². The molecule has 0 unspecified atom stereocenters. The zero-order valence-corrected chi connectivity index (χ0v) is 14.3. The maximum atomic E-state index is 11.2. The van der Waals surface area contributed by atoms with Crippen molar-refractivity contribution < 1.29 is 14.6 Å². The molecule has 0 saturated heterocycles. The Hall–Kier alpha value is -1.62. The lowest BCUT2D eigenvalue weighted by molar-refractivity contribution is 0.0698. The van der Waals surface area contributed by atoms with Crippen LogP contribution < -0.4 is 10.1 Å². The van der Waals surface area contributed by atoms with E-state index in [1.807, 2.05) is 0 Å². The van der Waals surface area contributed by atoms with Crippen LogP contribution in [0.3, 0.4) is 0 Å². The van der Waals surface area contributed by atoms with Gasteiger partial charge in [0.1, 0.15) is 5.75 Å². The number of carboxylic acids is 1. The Labute approximate surface area is 148 Å². The highest BCUT2D eigenvalue weighted by atomic mass is 35.5. The number of anilines is 1. The molecule has 0 atom stereocenters. The second kappa shape index (κ2) is 8.29. The first kappa shape index (κ1) is 17.7. The Bertz CT molecular complexity index is 690. The molecule has 4 nitrogen and oxygen atoms in total. The van der Waals surface area contributed by atoms with Gasteiger partial charge in [-0.3, -0.25) is 0 Å². The molecule has 0 saturated carbocycles. The molecule has 0 radical (unpaired) electrons. The van der Waals surface area contributed by atoms with Crippen molar-refractivity contribution in [3.8, 4) is 5.75 Å². The topological polar surface area (TPSA) is 58.6 Å². The molecule has 0 aliphatic heterocycles. The summed E-state index contributed by atoms with van der Waals surface area (Å²) in [6.07, 6.45) is 0.667. The van der Waals surface area contributed by atoms with E-state index >= 15 is 0 Å². The molecule has 0 bridgehead atoms. The largest absolute Gasteiger partial charge is 0.494 e. The maximum Gasteiger partial charge on any atom is 0.337 e. The lowest BCUT2D eigenvalue weighted by Gasteiger charge is -2.12. The van der Waals surface area contributed by atoms with Gasteiger partial charge in [0.2, 0.25) is 0 Å². The molecule has 2 rings (SSSR count). The minimum atomic E-state index is -1.09. The minimum Gasteiger partial charge on any atom is -0.494 e. The molecule has 0 heterocycles. The fourth-order valence-electron chi connectivity index (χ4n) is 1.93. The predicted octanol–water partition coefficient (Wildman–Crippen LogP) is 5.23. The molecule has 23 heavy (non-hydrogen) atoms. The number of hydrogen-bond donors (Lipinski definition) is 2. The van der Waals surface area contributed by atoms with Crippen LogP contribution in [0.2, 0.25) is 15.1 Å². The summed E-state index contributed by atoms with van der Waals surface area (Å²) in [5, 5.41) is 13.4. The van der Waals surface area contributed by atoms with Crippen LogP contribution in [0.5, 0.6) is 5.75 Å². The number of hydrogen-bond acceptors (Lipinski definition) is 3. The number of aromatic carboxylic acids is 1. The standard InChI is InChI=1S/C16H14Cl3NO3/c17-10-2-4-12(5-3-10)23-7-1-6-20-15-13(16(21)22)8-11(18)9-14(15)19/h2-5,8-9,20H,1,6-7H2,(H,21,22). The van der Waals surface area contributed by atoms with Crippen molar-refractivity contribution in [2.45, 2.75) is 6.42 Å². The number of rotatable bonds is 7. The van der Waals surface area contributed by atoms with Crippen LogP contribution in [0.25, 0.3) is 0 Å². The number of halogens is 3. The number of ether oxygens (including phenoxy) is 1. The van der Waals surface area contributed by atoms with Crippen molar-refractivity contribution in [1.82, 2.24) is 0 Å². The number of benzene rings is 2. The average molecular weight is 375 g/mol. The van der Waals surface area contributed by atoms with Gasteiger partial charge in [-0.05, 0) is 42.8 Å². The fourth-order valence-corrected chi connectivity index (χ4v) is 2.61. The Kier molecular flexibility index (Phi) is 6.39. The summed E-state index contributed by atoms with van der Waals surface area (Å²) < 4.78 is 5.56. The van der Waals surface area contributed by atoms with E-state index in [0.29, 0.717) is 30.3 Å². The lowest BCUT2D eigenvalue weighted by atomic mass is 10.1. The van der Waals surface area contributed by atoms with E-state index in [2.05, 4.69) is 5.32 Å². The van der Waals surface area contributed by atoms with Crippen molar-refractivity contribution in [2.75, 3.05) is 18.5 Å². The van der Waals surface area contributed by atoms with E-state index in [1.165, 1.54) is 12.1 Å². The molecule has 122 valence electrons. The average Bonchev–Trinajstić information content (AvgIpc) is 2.50. The molecule has 2 aromatic rings. The zero-order chi connectivity index (χ0) is 16.8. The molecule has 0 aromatic heterocycles. The summed E-state index contributed by atoms with van der Waals surface area (Å²) in [6, 6.07) is 9.94. The second-order valence-corrected chi connectivity index (χ2v) is 5.98. The molecule has 0 aliphatic carbocycles. The van der Waals surface area contributed by atoms with Crippen LogP contribution in [0.4, 0.5) is 5.69 Å². The van der Waals surface area contributed by atoms with E-state index in [0.717, 1.165) is 5.75 Å². The van der Waals surface area contributed by atoms with Crippen LogP contribution in [-0.2, 0) is 0 Å². The summed E-state index contributed by atoms with van der Waals surface area (Å²) in [6.45, 7) is 0.984. The highest BCUT2D eigenvalue weighted by Crippen LogP contribution is 2.30. The van der Waals surface area contributed by atoms with Crippen LogP contribution in [0.15, 0.2) is 36.4 Å². The first-order chi connectivity index (χ1) is 11.0. The monoisotopic (exact) mass is 373 g/mol. The van der Waals surface area contributed by atoms with Crippen molar-refractivity contribution in [2.24, 2.45) is 0 Å². The van der Waals surface area contributed by atoms with Gasteiger partial charge in [-0.25, -0.2) is 4.79 Å². The van der Waals surface area contributed by atoms with E-state index in [1.54, 1.807) is 24.3 Å². The molecule has 7 heteroatoms. The summed E-state index contributed by atoms with van der Waals surface area (Å²) >= 11 is 17.7. The second-order valence-electron chi connectivity index (χ2n) is 4.70. The molecule has 0 spiro atoms. The van der Waals surface area contributed by atoms with Gasteiger partial charge in [0.15, 0.2) is 0 Å². The molecule has 2 aromatic carbocycles. The molecule has 0 aliphatic rings. The Morgan fingerprint density at radius 3 is 2.43 bits per heavy atom. The van der Waals surface area contributed by atoms with Crippen molar-refractivity contribution >= 4 is 46.5 Å². The van der Waals surface area contributed by atoms with Crippen LogP contribution >= 0.6 is 34.8 Å². The van der Waals surface area contributed by atoms with Gasteiger partial charge in [-0.15, -0.1) is 0 Å². The van der Waals surface area contributed by atoms with Gasteiger partial charge in [-0.2, -0.15) is 0 Å². The van der Waals surface area contributed by atoms with E-state index in [4.69, 9.17) is 39.5 Å².